The summed E-state index contributed by atoms with van der Waals surface area (Å²) in [6, 6.07) is 52.1. The molecule has 4 aliphatic carbocycles. The topological polar surface area (TPSA) is 297 Å². The Bertz CT molecular complexity index is 6540. The molecule has 748 valence electrons. The van der Waals surface area contributed by atoms with Gasteiger partial charge in [-0.3, -0.25) is 19.2 Å². The first kappa shape index (κ1) is 104. The third kappa shape index (κ3) is 21.2. The fourth-order valence-electron chi connectivity index (χ4n) is 19.5. The lowest BCUT2D eigenvalue weighted by Gasteiger charge is -2.39. The molecule has 0 saturated carbocycles. The van der Waals surface area contributed by atoms with E-state index < -0.39 is 112 Å². The number of aromatic hydroxyl groups is 4. The van der Waals surface area contributed by atoms with E-state index in [2.05, 4.69) is 21.3 Å². The number of allylic oxidation sites excluding steroid dienone is 2. The van der Waals surface area contributed by atoms with Gasteiger partial charge in [-0.15, -0.1) is 0 Å². The summed E-state index contributed by atoms with van der Waals surface area (Å²) in [5.41, 5.74) is -2.68. The maximum Gasteiger partial charge on any atom is 0.224 e. The van der Waals surface area contributed by atoms with Crippen LogP contribution in [0.5, 0.6) is 69.0 Å². The molecule has 12 atom stereocenters. The number of carbonyl (C=O) groups excluding carboxylic acids is 4. The van der Waals surface area contributed by atoms with Crippen LogP contribution in [0, 0.1) is 23.3 Å². The van der Waals surface area contributed by atoms with Crippen LogP contribution in [-0.2, 0) is 56.7 Å². The van der Waals surface area contributed by atoms with Crippen molar-refractivity contribution in [3.05, 3.63) is 343 Å². The highest BCUT2D eigenvalue weighted by atomic mass is 19.2. The summed E-state index contributed by atoms with van der Waals surface area (Å²) < 4.78 is 209. The molecule has 4 amide bonds. The number of carbonyl (C=O) groups is 4. The van der Waals surface area contributed by atoms with E-state index in [0.717, 1.165) is 49.2 Å². The molecule has 16 rings (SSSR count). The van der Waals surface area contributed by atoms with Crippen LogP contribution in [0.3, 0.4) is 0 Å². The van der Waals surface area contributed by atoms with Crippen molar-refractivity contribution in [3.63, 3.8) is 0 Å². The SMILES string of the molecule is COc1cc(C(C)C2(F)c3ccc(F)cc3C(CC(=O)NCc3ccccc3)C2(C)F)cc(OC)c1O.COc1cc(C(C)C2(F)c3ccc(F)cc3C(CC(=O)NCc3ccco3)C2(C)F)cc(OC)c1O.COc1cc(C(F)C2C(C)=C(CC(=O)NCc3ccccc3)c3cc(F)ccc32)cc(OC)c1O.COc1cc(C(F)C2C(C)=C(CC(=O)NCc3ccco3)c3cc(F)ccc32)cc(OC)c1O. The van der Waals surface area contributed by atoms with Crippen LogP contribution in [0.4, 0.5) is 43.9 Å². The number of phenols is 4. The number of phenolic OH excluding ortho intramolecular Hbond substituents is 4. The minimum Gasteiger partial charge on any atom is -0.502 e. The van der Waals surface area contributed by atoms with Crippen molar-refractivity contribution < 1.29 is 130 Å². The van der Waals surface area contributed by atoms with Gasteiger partial charge in [0.15, 0.2) is 68.7 Å². The first-order valence-corrected chi connectivity index (χ1v) is 45.4. The van der Waals surface area contributed by atoms with E-state index in [9.17, 15) is 57.2 Å². The fourth-order valence-corrected chi connectivity index (χ4v) is 19.5. The van der Waals surface area contributed by atoms with Gasteiger partial charge in [-0.25, -0.2) is 43.9 Å². The zero-order valence-electron chi connectivity index (χ0n) is 80.3. The highest BCUT2D eigenvalue weighted by molar-refractivity contribution is 5.94. The van der Waals surface area contributed by atoms with Gasteiger partial charge < -0.3 is 88.4 Å². The Balaban J connectivity index is 0.000000159. The van der Waals surface area contributed by atoms with Crippen molar-refractivity contribution in [3.8, 4) is 69.0 Å². The van der Waals surface area contributed by atoms with Gasteiger partial charge in [-0.1, -0.05) is 110 Å². The van der Waals surface area contributed by atoms with Crippen molar-refractivity contribution in [2.75, 3.05) is 56.9 Å². The number of furan rings is 2. The van der Waals surface area contributed by atoms with Gasteiger partial charge in [-0.05, 0) is 238 Å². The second-order valence-electron chi connectivity index (χ2n) is 35.2. The summed E-state index contributed by atoms with van der Waals surface area (Å²) >= 11 is 0. The minimum atomic E-state index is -2.64. The number of methoxy groups -OCH3 is 8. The number of fused-ring (bicyclic) bond motifs is 4. The number of amides is 4. The van der Waals surface area contributed by atoms with Crippen molar-refractivity contribution in [1.82, 2.24) is 21.3 Å². The van der Waals surface area contributed by atoms with Crippen LogP contribution in [0.2, 0.25) is 0 Å². The molecule has 2 aromatic heterocycles. The zero-order chi connectivity index (χ0) is 103. The van der Waals surface area contributed by atoms with Crippen molar-refractivity contribution in [2.24, 2.45) is 0 Å². The summed E-state index contributed by atoms with van der Waals surface area (Å²) in [5.74, 6) is -9.36. The molecule has 4 aliphatic rings. The van der Waals surface area contributed by atoms with Crippen LogP contribution in [-0.4, -0.2) is 112 Å². The molecule has 0 aliphatic heterocycles. The predicted molar refractivity (Wildman–Crippen MR) is 512 cm³/mol. The highest BCUT2D eigenvalue weighted by Crippen LogP contribution is 2.66. The molecule has 0 spiro atoms. The van der Waals surface area contributed by atoms with Crippen LogP contribution in [0.1, 0.15) is 204 Å². The summed E-state index contributed by atoms with van der Waals surface area (Å²) in [6.07, 6.45) is -0.925. The molecule has 0 radical (unpaired) electrons. The van der Waals surface area contributed by atoms with Gasteiger partial charge in [-0.2, -0.15) is 0 Å². The van der Waals surface area contributed by atoms with Crippen molar-refractivity contribution in [1.29, 1.82) is 0 Å². The number of hydrogen-bond donors (Lipinski definition) is 8. The number of hydrogen-bond acceptors (Lipinski definition) is 18. The predicted octanol–water partition coefficient (Wildman–Crippen LogP) is 23.0. The van der Waals surface area contributed by atoms with E-state index in [0.29, 0.717) is 73.7 Å². The molecular weight excluding hydrogens is 1860 g/mol. The molecule has 142 heavy (non-hydrogen) atoms. The third-order valence-corrected chi connectivity index (χ3v) is 27.2. The number of rotatable bonds is 32. The van der Waals surface area contributed by atoms with E-state index in [4.69, 9.17) is 46.7 Å². The summed E-state index contributed by atoms with van der Waals surface area (Å²) in [5, 5.41) is 52.0. The van der Waals surface area contributed by atoms with Crippen molar-refractivity contribution >= 4 is 34.8 Å². The second kappa shape index (κ2) is 44.2. The maximum absolute atomic E-state index is 17.2. The molecule has 32 heteroatoms. The first-order valence-electron chi connectivity index (χ1n) is 45.4. The van der Waals surface area contributed by atoms with Gasteiger partial charge in [0, 0.05) is 61.4 Å². The Hall–Kier alpha value is -15.0. The number of alkyl halides is 6. The molecule has 2 heterocycles. The Labute approximate surface area is 814 Å². The van der Waals surface area contributed by atoms with Gasteiger partial charge in [0.1, 0.15) is 47.1 Å². The lowest BCUT2D eigenvalue weighted by Crippen LogP contribution is -2.46. The van der Waals surface area contributed by atoms with Gasteiger partial charge in [0.05, 0.1) is 95.3 Å². The number of benzene rings is 10. The van der Waals surface area contributed by atoms with Gasteiger partial charge in [0.25, 0.3) is 0 Å². The summed E-state index contributed by atoms with van der Waals surface area (Å²) in [4.78, 5) is 51.0. The summed E-state index contributed by atoms with van der Waals surface area (Å²) in [7, 11) is 10.8. The minimum absolute atomic E-state index is 0.000556. The van der Waals surface area contributed by atoms with E-state index >= 15 is 26.3 Å². The highest BCUT2D eigenvalue weighted by Gasteiger charge is 2.67. The average molecular weight is 1970 g/mol. The maximum atomic E-state index is 17.2. The van der Waals surface area contributed by atoms with Crippen LogP contribution in [0.15, 0.2) is 239 Å². The lowest BCUT2D eigenvalue weighted by molar-refractivity contribution is -0.124. The van der Waals surface area contributed by atoms with E-state index in [1.165, 1.54) is 168 Å². The largest absolute Gasteiger partial charge is 0.502 e. The molecular formula is C110H110F10N4O18. The Morgan fingerprint density at radius 2 is 0.641 bits per heavy atom. The average Bonchev–Trinajstić information content (AvgIpc) is 1.54. The monoisotopic (exact) mass is 1960 g/mol. The Morgan fingerprint density at radius 3 is 0.944 bits per heavy atom. The molecule has 12 unspecified atom stereocenters. The Morgan fingerprint density at radius 1 is 0.359 bits per heavy atom. The quantitative estimate of drug-likeness (QED) is 0.0182. The zero-order valence-corrected chi connectivity index (χ0v) is 80.3. The molecule has 0 bridgehead atoms. The van der Waals surface area contributed by atoms with E-state index in [-0.39, 0.29) is 153 Å². The van der Waals surface area contributed by atoms with Gasteiger partial charge >= 0.3 is 0 Å². The lowest BCUT2D eigenvalue weighted by atomic mass is 9.72. The number of nitrogens with one attached hydrogen (secondary N) is 4. The first-order chi connectivity index (χ1) is 67.7. The van der Waals surface area contributed by atoms with E-state index in [1.54, 1.807) is 50.2 Å². The molecule has 0 saturated heterocycles. The molecule has 22 nitrogen and oxygen atoms in total. The second-order valence-corrected chi connectivity index (χ2v) is 35.2. The Kier molecular flexibility index (Phi) is 32.5. The molecule has 10 aromatic carbocycles. The van der Waals surface area contributed by atoms with Crippen LogP contribution in [0.25, 0.3) is 11.1 Å². The smallest absolute Gasteiger partial charge is 0.224 e. The van der Waals surface area contributed by atoms with Crippen molar-refractivity contribution in [2.45, 2.75) is 164 Å². The van der Waals surface area contributed by atoms with Crippen LogP contribution < -0.4 is 59.2 Å². The normalized spacial score (nSPS) is 19.7. The van der Waals surface area contributed by atoms with Gasteiger partial charge in [0.2, 0.25) is 46.6 Å². The summed E-state index contributed by atoms with van der Waals surface area (Å²) in [6.45, 7) is 9.64. The number of halogens is 10. The fraction of sp³-hybridized carbons (Fsp3) is 0.309. The molecule has 12 aromatic rings. The number of ether oxygens (including phenoxy) is 8. The molecule has 0 fully saturated rings. The molecule has 8 N–H and O–H groups in total. The third-order valence-electron chi connectivity index (χ3n) is 27.2. The van der Waals surface area contributed by atoms with E-state index in [1.807, 2.05) is 60.7 Å². The van der Waals surface area contributed by atoms with Crippen LogP contribution >= 0.6 is 0 Å². The standard InChI is InChI=1S/C29H30F3NO4.C28H27F2NO4.C27H28F3NO5.C26H25F2NO5/c1-17(19-12-24(36-3)27(35)25(13-19)37-4)29(32)22-11-10-20(30)14-21(22)23(28(29,2)31)15-26(34)33-16-18-8-6-5-7-9-18;1-16-21(14-25(32)31-15-17-7-5-4-6-8-17)22-13-19(29)9-10-20(22)26(16)27(30)18-11-23(34-2)28(33)24(12-18)35-3;1-15(16-10-22(34-3)25(33)23(11-16)35-4)27(30)20-8-7-17(28)12-19(20)21(26(27,2)29)13-24(32)31-14-18-6-5-9-36-18;1-14-19(12-23(30)29-13-17-5-4-8-34-17)20-11-16(27)6-7-18(20)24(14)25(28)15-9-21(32-2)26(31)22(10-15)33-3/h5-14,17,23,35H,15-16H2,1-4H3,(H,33,34);4-13,26-27,33H,14-15H2,1-3H3,(H,31,32);5-12,15,21,33H,13-14H2,1-4H3,(H,31,32);4-11,24-25,31H,12-13H2,1-3H3,(H,29,30).